The summed E-state index contributed by atoms with van der Waals surface area (Å²) < 4.78 is 43.4. The third-order valence-corrected chi connectivity index (χ3v) is 9.01. The Kier molecular flexibility index (Phi) is 3.96. The third-order valence-electron chi connectivity index (χ3n) is 9.01. The first-order valence-corrected chi connectivity index (χ1v) is 11.3. The normalized spacial score (nSPS) is 48.8. The predicted octanol–water partition coefficient (Wildman–Crippen LogP) is 2.76. The van der Waals surface area contributed by atoms with Crippen LogP contribution >= 0.6 is 0 Å². The van der Waals surface area contributed by atoms with Crippen molar-refractivity contribution in [1.82, 2.24) is 0 Å². The quantitative estimate of drug-likeness (QED) is 0.634. The molecule has 6 aliphatic carbocycles. The first kappa shape index (κ1) is 19.9. The average molecular weight is 440 g/mol. The van der Waals surface area contributed by atoms with Gasteiger partial charge in [-0.25, -0.2) is 4.79 Å². The molecule has 7 rings (SSSR count). The van der Waals surface area contributed by atoms with Gasteiger partial charge in [-0.05, 0) is 74.5 Å². The molecule has 9 heteroatoms. The maximum atomic E-state index is 13.6. The smallest absolute Gasteiger partial charge is 0.455 e. The van der Waals surface area contributed by atoms with Crippen molar-refractivity contribution in [3.63, 3.8) is 0 Å². The summed E-state index contributed by atoms with van der Waals surface area (Å²) in [5.74, 6) is -3.08. The molecule has 1 aliphatic heterocycles. The van der Waals surface area contributed by atoms with Crippen LogP contribution in [0.4, 0.5) is 8.78 Å². The molecule has 0 radical (unpaired) electrons. The van der Waals surface area contributed by atoms with E-state index in [4.69, 9.17) is 14.6 Å². The number of hydrogen-bond donors (Lipinski definition) is 1. The van der Waals surface area contributed by atoms with Crippen molar-refractivity contribution in [3.8, 4) is 0 Å². The maximum Gasteiger partial charge on any atom is 0.455 e. The van der Waals surface area contributed by atoms with Crippen LogP contribution in [0.5, 0.6) is 0 Å². The first-order chi connectivity index (χ1) is 14.6. The predicted molar refractivity (Wildman–Crippen MR) is 97.5 cm³/mol. The molecule has 7 unspecified atom stereocenters. The van der Waals surface area contributed by atoms with Crippen LogP contribution < -0.4 is 0 Å². The summed E-state index contributed by atoms with van der Waals surface area (Å²) in [7, 11) is 0. The minimum Gasteiger partial charge on any atom is -0.475 e. The van der Waals surface area contributed by atoms with E-state index in [-0.39, 0.29) is 48.3 Å². The van der Waals surface area contributed by atoms with Crippen LogP contribution in [0.1, 0.15) is 51.4 Å². The van der Waals surface area contributed by atoms with Gasteiger partial charge in [0, 0.05) is 5.92 Å². The Morgan fingerprint density at radius 1 is 1.13 bits per heavy atom. The van der Waals surface area contributed by atoms with E-state index >= 15 is 0 Å². The van der Waals surface area contributed by atoms with E-state index in [1.807, 2.05) is 0 Å². The Balaban J connectivity index is 1.20. The number of carboxylic acids is 1. The van der Waals surface area contributed by atoms with Crippen molar-refractivity contribution >= 4 is 17.9 Å². The molecule has 0 aromatic carbocycles. The molecule has 170 valence electrons. The fourth-order valence-electron chi connectivity index (χ4n) is 8.57. The van der Waals surface area contributed by atoms with Gasteiger partial charge in [0.2, 0.25) is 0 Å². The standard InChI is InChI=1S/C22H26F2O7/c23-22(24,19(27)28)29-9-20-4-10-1-11(5-20)7-21(6-10,8-20)31-18(26)15-12-2-13-14(3-12)30-17(25)16(13)15/h10-16H,1-9H2,(H,27,28). The first-order valence-electron chi connectivity index (χ1n) is 11.3. The lowest BCUT2D eigenvalue weighted by atomic mass is 9.48. The SMILES string of the molecule is O=C(OC12CC3CC(CC(COC(F)(F)C(=O)O)(C3)C1)C2)C1C2CC3OC(=O)C1C3C2. The van der Waals surface area contributed by atoms with Crippen LogP contribution in [0.25, 0.3) is 0 Å². The summed E-state index contributed by atoms with van der Waals surface area (Å²) in [6.07, 6.45) is 1.41. The summed E-state index contributed by atoms with van der Waals surface area (Å²) in [5.41, 5.74) is -1.33. The van der Waals surface area contributed by atoms with Crippen LogP contribution in [0.15, 0.2) is 0 Å². The highest BCUT2D eigenvalue weighted by molar-refractivity contribution is 5.86. The van der Waals surface area contributed by atoms with Crippen molar-refractivity contribution in [2.75, 3.05) is 6.61 Å². The number of esters is 2. The largest absolute Gasteiger partial charge is 0.475 e. The number of carbonyl (C=O) groups excluding carboxylic acids is 2. The van der Waals surface area contributed by atoms with Gasteiger partial charge < -0.3 is 19.3 Å². The summed E-state index contributed by atoms with van der Waals surface area (Å²) >= 11 is 0. The van der Waals surface area contributed by atoms with Gasteiger partial charge in [-0.15, -0.1) is 0 Å². The Morgan fingerprint density at radius 3 is 2.52 bits per heavy atom. The molecule has 6 bridgehead atoms. The van der Waals surface area contributed by atoms with Crippen molar-refractivity contribution in [1.29, 1.82) is 0 Å². The van der Waals surface area contributed by atoms with Crippen LogP contribution in [-0.4, -0.2) is 47.4 Å². The van der Waals surface area contributed by atoms with E-state index in [9.17, 15) is 23.2 Å². The molecule has 7 fully saturated rings. The average Bonchev–Trinajstić information content (AvgIpc) is 3.27. The van der Waals surface area contributed by atoms with Gasteiger partial charge in [-0.3, -0.25) is 9.59 Å². The molecule has 0 aromatic rings. The summed E-state index contributed by atoms with van der Waals surface area (Å²) in [6.45, 7) is -0.358. The number of carbonyl (C=O) groups is 3. The van der Waals surface area contributed by atoms with Gasteiger partial charge in [-0.1, -0.05) is 0 Å². The molecule has 1 N–H and O–H groups in total. The molecule has 0 spiro atoms. The number of hydrogen-bond acceptors (Lipinski definition) is 6. The molecule has 0 amide bonds. The Hall–Kier alpha value is -1.77. The van der Waals surface area contributed by atoms with Gasteiger partial charge >= 0.3 is 24.0 Å². The second kappa shape index (κ2) is 6.17. The van der Waals surface area contributed by atoms with E-state index in [2.05, 4.69) is 4.74 Å². The number of halogens is 2. The molecule has 0 aromatic heterocycles. The van der Waals surface area contributed by atoms with Gasteiger partial charge in [0.15, 0.2) is 0 Å². The van der Waals surface area contributed by atoms with E-state index < -0.39 is 34.9 Å². The number of rotatable bonds is 6. The second-order valence-electron chi connectivity index (χ2n) is 11.1. The fourth-order valence-corrected chi connectivity index (χ4v) is 8.57. The zero-order valence-electron chi connectivity index (χ0n) is 17.1. The Morgan fingerprint density at radius 2 is 1.84 bits per heavy atom. The van der Waals surface area contributed by atoms with Gasteiger partial charge in [0.25, 0.3) is 0 Å². The molecule has 7 atom stereocenters. The van der Waals surface area contributed by atoms with Gasteiger partial charge in [-0.2, -0.15) is 8.78 Å². The molecule has 7 aliphatic rings. The van der Waals surface area contributed by atoms with E-state index in [1.54, 1.807) is 0 Å². The van der Waals surface area contributed by atoms with Crippen LogP contribution in [0.2, 0.25) is 0 Å². The highest BCUT2D eigenvalue weighted by Crippen LogP contribution is 2.64. The Bertz CT molecular complexity index is 841. The van der Waals surface area contributed by atoms with Crippen LogP contribution in [-0.2, 0) is 28.6 Å². The van der Waals surface area contributed by atoms with Crippen molar-refractivity contribution in [3.05, 3.63) is 0 Å². The number of alkyl halides is 2. The minimum absolute atomic E-state index is 0.0533. The number of fused-ring (bicyclic) bond motifs is 1. The third kappa shape index (κ3) is 2.87. The molecule has 6 saturated carbocycles. The molecule has 7 nitrogen and oxygen atoms in total. The Labute approximate surface area is 177 Å². The van der Waals surface area contributed by atoms with E-state index in [1.165, 1.54) is 0 Å². The zero-order valence-corrected chi connectivity index (χ0v) is 17.1. The lowest BCUT2D eigenvalue weighted by molar-refractivity contribution is -0.272. The molecule has 1 heterocycles. The highest BCUT2D eigenvalue weighted by atomic mass is 19.3. The van der Waals surface area contributed by atoms with E-state index in [0.717, 1.165) is 12.8 Å². The lowest BCUT2D eigenvalue weighted by Gasteiger charge is -2.61. The lowest BCUT2D eigenvalue weighted by Crippen LogP contribution is -2.59. The van der Waals surface area contributed by atoms with Crippen molar-refractivity contribution in [2.24, 2.45) is 40.9 Å². The summed E-state index contributed by atoms with van der Waals surface area (Å²) in [4.78, 5) is 36.4. The number of ether oxygens (including phenoxy) is 3. The molecular formula is C22H26F2O7. The van der Waals surface area contributed by atoms with Crippen LogP contribution in [0, 0.1) is 40.9 Å². The zero-order chi connectivity index (χ0) is 21.8. The fraction of sp³-hybridized carbons (Fsp3) is 0.864. The summed E-state index contributed by atoms with van der Waals surface area (Å²) in [5, 5.41) is 8.69. The van der Waals surface area contributed by atoms with Gasteiger partial charge in [0.1, 0.15) is 11.7 Å². The summed E-state index contributed by atoms with van der Waals surface area (Å²) in [6, 6.07) is 0. The molecule has 31 heavy (non-hydrogen) atoms. The highest BCUT2D eigenvalue weighted by Gasteiger charge is 2.66. The second-order valence-corrected chi connectivity index (χ2v) is 11.1. The number of aliphatic carboxylic acids is 1. The maximum absolute atomic E-state index is 13.6. The topological polar surface area (TPSA) is 99.1 Å². The van der Waals surface area contributed by atoms with E-state index in [0.29, 0.717) is 38.5 Å². The minimum atomic E-state index is -4.23. The molecule has 1 saturated heterocycles. The monoisotopic (exact) mass is 440 g/mol. The van der Waals surface area contributed by atoms with Crippen molar-refractivity contribution < 1.29 is 42.5 Å². The van der Waals surface area contributed by atoms with Gasteiger partial charge in [0.05, 0.1) is 18.4 Å². The van der Waals surface area contributed by atoms with Crippen molar-refractivity contribution in [2.45, 2.75) is 69.2 Å². The number of carboxylic acid groups (broad SMARTS) is 1. The van der Waals surface area contributed by atoms with Crippen LogP contribution in [0.3, 0.4) is 0 Å². The molecular weight excluding hydrogens is 414 g/mol.